The fourth-order valence-electron chi connectivity index (χ4n) is 18.4. The molecule has 0 saturated heterocycles. The number of carboxylic acids is 1. The monoisotopic (exact) mass is 1660 g/mol. The third-order valence-electron chi connectivity index (χ3n) is 23.9. The molecule has 667 valence electrons. The van der Waals surface area contributed by atoms with Crippen LogP contribution in [0.25, 0.3) is 0 Å². The Labute approximate surface area is 741 Å². The normalized spacial score (nSPS) is 21.9. The van der Waals surface area contributed by atoms with E-state index < -0.39 is 11.6 Å². The summed E-state index contributed by atoms with van der Waals surface area (Å²) in [6.07, 6.45) is 18.3. The molecule has 0 heterocycles. The van der Waals surface area contributed by atoms with Crippen molar-refractivity contribution in [3.63, 3.8) is 0 Å². The quantitative estimate of drug-likeness (QED) is 0.0565. The number of ketones is 2. The van der Waals surface area contributed by atoms with Crippen molar-refractivity contribution < 1.29 is 58.2 Å². The molecule has 0 spiro atoms. The largest absolute Gasteiger partial charge is 0.508 e. The van der Waals surface area contributed by atoms with Crippen molar-refractivity contribution in [3.05, 3.63) is 225 Å². The van der Waals surface area contributed by atoms with Crippen molar-refractivity contribution in [3.8, 4) is 23.0 Å². The SMILES string of the molecule is C.CC.CC.CC.CC.CC(=O)c1cc2c(cc1C(C)C)CCC1C(C)(C(C)=O)CCCC21C.CC(C)c1cc2c(cc1CC(=O)O)C1(C)CCCC(C)(OC=O)C1CC2.CC(C)c1ccc2c(c1)CCC1C(C)(OC=O)CCCC21C.CCC.CCC.COc1ccccc1.COc1ccccc1.Oc1ccccc1.Oc1ccccc1.[B].[B][B]. The molecule has 3 N–H and O–H groups in total. The molecular weight excluding hydrogens is 1500 g/mol. The summed E-state index contributed by atoms with van der Waals surface area (Å²) >= 11 is 0. The zero-order valence-electron chi connectivity index (χ0n) is 79.7. The minimum atomic E-state index is -0.790. The standard InChI is InChI=1S/C23H32O2.C22H30O4.C20H28O2.2C7H8O.2C6H6O.2C3H8.4C2H6.CH4.B2.B/c1-14(2)18-12-17-8-9-21-22(5,16(4)25)10-7-11-23(21,6)20(17)13-19(18)15(3)24;1-14(2)17-10-15-6-7-19-21(3,8-5-9-22(19,4)26-13-23)18(15)11-16(17)12-20(24)25;1-14(2)15-6-8-17-16(12-15)7-9-18-19(17,3)10-5-11-20(18,4)22-13-21;2*1-8-7-5-3-2-4-6-7;2*7-6-4-2-1-3-5-6;2*1-3-2;4*1-2;;1-2;/h12-14,21H,7-11H2,1-6H3;10-11,13-14,19H,5-9,12H2,1-4H3,(H,24,25);6,8,12-14,18H,5,7,9-11H2,1-4H3;2*2-6H,1H3;2*1-5,7H;2*3H2,1-2H3;4*1-2H3;1H4;;. The topological polar surface area (TPSA) is 183 Å². The molecule has 15 heteroatoms. The van der Waals surface area contributed by atoms with Crippen LogP contribution < -0.4 is 9.47 Å². The van der Waals surface area contributed by atoms with Gasteiger partial charge in [-0.1, -0.05) is 288 Å². The van der Waals surface area contributed by atoms with E-state index in [0.717, 1.165) is 118 Å². The number of aromatic hydroxyl groups is 2. The maximum atomic E-state index is 12.5. The van der Waals surface area contributed by atoms with E-state index in [1.807, 2.05) is 128 Å². The highest BCUT2D eigenvalue weighted by Crippen LogP contribution is 2.60. The lowest BCUT2D eigenvalue weighted by molar-refractivity contribution is -0.159. The molecule has 7 aromatic carbocycles. The van der Waals surface area contributed by atoms with Crippen LogP contribution in [-0.4, -0.2) is 95.1 Å². The van der Waals surface area contributed by atoms with E-state index in [1.165, 1.54) is 63.8 Å². The Kier molecular flexibility index (Phi) is 58.2. The number of aryl methyl sites for hydroxylation is 3. The van der Waals surface area contributed by atoms with E-state index in [-0.39, 0.29) is 61.2 Å². The van der Waals surface area contributed by atoms with Gasteiger partial charge in [0.2, 0.25) is 0 Å². The van der Waals surface area contributed by atoms with Crippen molar-refractivity contribution in [1.82, 2.24) is 0 Å². The number of Topliss-reactive ketones (excluding diaryl/α,β-unsaturated/α-hetero) is 2. The number of phenolic OH excluding ortho intramolecular Hbond substituents is 2. The Morgan fingerprint density at radius 1 is 0.455 bits per heavy atom. The summed E-state index contributed by atoms with van der Waals surface area (Å²) in [5.74, 6) is 4.46. The number of hydrogen-bond acceptors (Lipinski definition) is 11. The van der Waals surface area contributed by atoms with E-state index in [1.54, 1.807) is 76.6 Å². The van der Waals surface area contributed by atoms with Crippen molar-refractivity contribution in [2.45, 2.75) is 348 Å². The number of carboxylic acid groups (broad SMARTS) is 1. The molecule has 7 aromatic rings. The van der Waals surface area contributed by atoms with Crippen molar-refractivity contribution in [2.75, 3.05) is 14.2 Å². The minimum absolute atomic E-state index is 0. The summed E-state index contributed by atoms with van der Waals surface area (Å²) < 4.78 is 21.0. The molecule has 121 heavy (non-hydrogen) atoms. The average Bonchev–Trinajstić information content (AvgIpc) is 0.725. The Balaban J connectivity index is -0.00000137. The van der Waals surface area contributed by atoms with Gasteiger partial charge in [-0.3, -0.25) is 24.0 Å². The molecule has 0 aliphatic heterocycles. The smallest absolute Gasteiger partial charge is 0.307 e. The van der Waals surface area contributed by atoms with Crippen molar-refractivity contribution in [1.29, 1.82) is 0 Å². The zero-order valence-corrected chi connectivity index (χ0v) is 79.7. The first kappa shape index (κ1) is 117. The zero-order chi connectivity index (χ0) is 90.9. The fraction of sp³-hybridized carbons (Fsp3) is 0.557. The Bertz CT molecular complexity index is 3890. The van der Waals surface area contributed by atoms with Crippen LogP contribution in [0.1, 0.15) is 361 Å². The molecule has 9 atom stereocenters. The van der Waals surface area contributed by atoms with Gasteiger partial charge < -0.3 is 34.3 Å². The number of fused-ring (bicyclic) bond motifs is 9. The van der Waals surface area contributed by atoms with E-state index in [4.69, 9.17) is 29.2 Å². The molecule has 6 aliphatic carbocycles. The molecule has 12 nitrogen and oxygen atoms in total. The molecule has 0 amide bonds. The maximum Gasteiger partial charge on any atom is 0.307 e. The summed E-state index contributed by atoms with van der Waals surface area (Å²) in [6.45, 7) is 55.7. The maximum absolute atomic E-state index is 12.5. The number of rotatable bonds is 13. The number of phenols is 2. The second-order valence-electron chi connectivity index (χ2n) is 33.0. The first-order valence-electron chi connectivity index (χ1n) is 44.6. The van der Waals surface area contributed by atoms with Gasteiger partial charge in [-0.05, 0) is 268 Å². The minimum Gasteiger partial charge on any atom is -0.508 e. The number of hydrogen-bond donors (Lipinski definition) is 3. The van der Waals surface area contributed by atoms with Gasteiger partial charge in [0.25, 0.3) is 12.9 Å². The van der Waals surface area contributed by atoms with Gasteiger partial charge in [0.05, 0.1) is 20.6 Å². The molecule has 0 bridgehead atoms. The van der Waals surface area contributed by atoms with Gasteiger partial charge >= 0.3 is 5.97 Å². The molecule has 3 saturated carbocycles. The Morgan fingerprint density at radius 2 is 0.785 bits per heavy atom. The Hall–Kier alpha value is -8.32. The molecule has 7 radical (unpaired) electrons. The van der Waals surface area contributed by atoms with E-state index in [0.29, 0.717) is 59.8 Å². The van der Waals surface area contributed by atoms with Gasteiger partial charge in [0.15, 0.2) is 5.78 Å². The number of ether oxygens (including phenoxy) is 4. The lowest BCUT2D eigenvalue weighted by Gasteiger charge is -2.54. The number of carbonyl (C=O) groups is 5. The first-order valence-corrected chi connectivity index (χ1v) is 44.6. The van der Waals surface area contributed by atoms with Crippen molar-refractivity contribution >= 4 is 54.4 Å². The van der Waals surface area contributed by atoms with Crippen molar-refractivity contribution in [2.24, 2.45) is 23.2 Å². The molecule has 9 unspecified atom stereocenters. The Morgan fingerprint density at radius 3 is 1.10 bits per heavy atom. The fourth-order valence-corrected chi connectivity index (χ4v) is 18.4. The molecule has 13 rings (SSSR count). The summed E-state index contributed by atoms with van der Waals surface area (Å²) in [4.78, 5) is 58.3. The second-order valence-corrected chi connectivity index (χ2v) is 33.0. The summed E-state index contributed by atoms with van der Waals surface area (Å²) in [6, 6.07) is 52.7. The van der Waals surface area contributed by atoms with Gasteiger partial charge in [0, 0.05) is 46.7 Å². The van der Waals surface area contributed by atoms with Gasteiger partial charge in [0.1, 0.15) is 40.0 Å². The third-order valence-corrected chi connectivity index (χ3v) is 23.9. The molecular formula is C106H162B3O12. The van der Waals surface area contributed by atoms with Crippen LogP contribution in [0.4, 0.5) is 0 Å². The molecule has 3 fully saturated rings. The number of carbonyl (C=O) groups excluding carboxylic acids is 4. The summed E-state index contributed by atoms with van der Waals surface area (Å²) in [5.41, 5.74) is 13.0. The first-order chi connectivity index (χ1) is 56.7. The van der Waals surface area contributed by atoms with Gasteiger partial charge in [-0.2, -0.15) is 0 Å². The van der Waals surface area contributed by atoms with Crippen LogP contribution in [0.5, 0.6) is 23.0 Å². The summed E-state index contributed by atoms with van der Waals surface area (Å²) in [5, 5.41) is 26.6. The van der Waals surface area contributed by atoms with E-state index in [2.05, 4.69) is 169 Å². The predicted molar refractivity (Wildman–Crippen MR) is 515 cm³/mol. The van der Waals surface area contributed by atoms with E-state index in [9.17, 15) is 29.1 Å². The highest BCUT2D eigenvalue weighted by atomic mass is 16.5. The highest BCUT2D eigenvalue weighted by Gasteiger charge is 2.56. The number of aliphatic carboxylic acids is 1. The van der Waals surface area contributed by atoms with Crippen LogP contribution in [-0.2, 0) is 70.6 Å². The van der Waals surface area contributed by atoms with Crippen LogP contribution in [0, 0.1) is 23.2 Å². The van der Waals surface area contributed by atoms with Gasteiger partial charge in [-0.25, -0.2) is 0 Å². The predicted octanol–water partition coefficient (Wildman–Crippen LogP) is 27.3. The highest BCUT2D eigenvalue weighted by molar-refractivity contribution is 6.75. The lowest BCUT2D eigenvalue weighted by Crippen LogP contribution is -2.54. The van der Waals surface area contributed by atoms with Gasteiger partial charge in [-0.15, -0.1) is 0 Å². The second kappa shape index (κ2) is 60.3. The summed E-state index contributed by atoms with van der Waals surface area (Å²) in [7, 11) is 11.3. The number of benzene rings is 7. The van der Waals surface area contributed by atoms with E-state index >= 15 is 0 Å². The molecule has 6 aliphatic rings. The van der Waals surface area contributed by atoms with Crippen LogP contribution in [0.2, 0.25) is 0 Å². The molecule has 0 aromatic heterocycles. The van der Waals surface area contributed by atoms with Crippen LogP contribution in [0.3, 0.4) is 0 Å². The van der Waals surface area contributed by atoms with Crippen LogP contribution >= 0.6 is 0 Å². The third kappa shape index (κ3) is 33.7. The lowest BCUT2D eigenvalue weighted by atomic mass is 9.49. The van der Waals surface area contributed by atoms with Crippen LogP contribution in [0.15, 0.2) is 164 Å². The number of para-hydroxylation sites is 4. The average molecular weight is 1660 g/mol. The number of methoxy groups -OCH3 is 2.